The lowest BCUT2D eigenvalue weighted by Crippen LogP contribution is -2.34. The van der Waals surface area contributed by atoms with E-state index in [0.29, 0.717) is 11.2 Å². The van der Waals surface area contributed by atoms with E-state index in [2.05, 4.69) is 46.9 Å². The third-order valence-corrected chi connectivity index (χ3v) is 4.78. The molecule has 1 aliphatic heterocycles. The first-order valence-corrected chi connectivity index (χ1v) is 7.96. The van der Waals surface area contributed by atoms with Crippen molar-refractivity contribution in [2.24, 2.45) is 0 Å². The Labute approximate surface area is 131 Å². The number of imidazole rings is 1. The first kappa shape index (κ1) is 14.6. The minimum atomic E-state index is 0.300. The fraction of sp³-hybridized carbons (Fsp3) is 0.471. The summed E-state index contributed by atoms with van der Waals surface area (Å²) in [6, 6.07) is 7.03. The average molecular weight is 304 g/mol. The molecule has 0 bridgehead atoms. The Morgan fingerprint density at radius 1 is 1.29 bits per heavy atom. The minimum absolute atomic E-state index is 0.300. The van der Waals surface area contributed by atoms with Gasteiger partial charge in [-0.1, -0.05) is 29.8 Å². The molecular formula is C17H22ClN3. The van der Waals surface area contributed by atoms with Crippen LogP contribution in [0.5, 0.6) is 0 Å². The molecule has 0 spiro atoms. The van der Waals surface area contributed by atoms with E-state index in [1.807, 2.05) is 6.92 Å². The Balaban J connectivity index is 1.76. The van der Waals surface area contributed by atoms with Crippen LogP contribution in [0.3, 0.4) is 0 Å². The Morgan fingerprint density at radius 2 is 2.10 bits per heavy atom. The fourth-order valence-electron chi connectivity index (χ4n) is 3.12. The van der Waals surface area contributed by atoms with Gasteiger partial charge in [0.15, 0.2) is 5.15 Å². The highest BCUT2D eigenvalue weighted by molar-refractivity contribution is 6.30. The predicted molar refractivity (Wildman–Crippen MR) is 87.0 cm³/mol. The molecule has 2 aromatic rings. The molecule has 4 heteroatoms. The molecule has 3 rings (SSSR count). The summed E-state index contributed by atoms with van der Waals surface area (Å²) >= 11 is 6.31. The number of benzene rings is 1. The zero-order chi connectivity index (χ0) is 15.0. The van der Waals surface area contributed by atoms with Crippen LogP contribution in [0, 0.1) is 20.8 Å². The van der Waals surface area contributed by atoms with Crippen molar-refractivity contribution >= 4 is 11.6 Å². The van der Waals surface area contributed by atoms with E-state index in [1.165, 1.54) is 16.7 Å². The van der Waals surface area contributed by atoms with Gasteiger partial charge in [0.25, 0.3) is 0 Å². The van der Waals surface area contributed by atoms with E-state index in [9.17, 15) is 0 Å². The summed E-state index contributed by atoms with van der Waals surface area (Å²) < 4.78 is 2.25. The standard InChI is InChI=1S/C17H22ClN3/c1-11-4-5-14(10-12(11)2)6-7-15-16-17(18)20-13(3)21(16)9-8-19-15/h4-5,10,15,19H,6-9H2,1-3H3. The molecule has 21 heavy (non-hydrogen) atoms. The van der Waals surface area contributed by atoms with E-state index in [0.717, 1.165) is 37.4 Å². The lowest BCUT2D eigenvalue weighted by atomic mass is 9.99. The molecule has 0 radical (unpaired) electrons. The van der Waals surface area contributed by atoms with Gasteiger partial charge in [0.05, 0.1) is 11.7 Å². The van der Waals surface area contributed by atoms with Crippen molar-refractivity contribution in [1.82, 2.24) is 14.9 Å². The predicted octanol–water partition coefficient (Wildman–Crippen LogP) is 3.74. The Hall–Kier alpha value is -1.32. The first-order chi connectivity index (χ1) is 10.1. The van der Waals surface area contributed by atoms with Crippen molar-refractivity contribution in [3.8, 4) is 0 Å². The zero-order valence-electron chi connectivity index (χ0n) is 12.9. The minimum Gasteiger partial charge on any atom is -0.328 e. The molecule has 0 fully saturated rings. The number of hydrogen-bond acceptors (Lipinski definition) is 2. The topological polar surface area (TPSA) is 29.9 Å². The van der Waals surface area contributed by atoms with Gasteiger partial charge in [0.1, 0.15) is 5.82 Å². The monoisotopic (exact) mass is 303 g/mol. The lowest BCUT2D eigenvalue weighted by molar-refractivity contribution is 0.402. The molecule has 1 aromatic carbocycles. The van der Waals surface area contributed by atoms with Gasteiger partial charge in [-0.3, -0.25) is 0 Å². The summed E-state index contributed by atoms with van der Waals surface area (Å²) in [7, 11) is 0. The van der Waals surface area contributed by atoms with E-state index in [4.69, 9.17) is 11.6 Å². The van der Waals surface area contributed by atoms with Gasteiger partial charge < -0.3 is 9.88 Å². The highest BCUT2D eigenvalue weighted by Crippen LogP contribution is 2.29. The van der Waals surface area contributed by atoms with Crippen molar-refractivity contribution < 1.29 is 0 Å². The van der Waals surface area contributed by atoms with Crippen LogP contribution in [-0.2, 0) is 13.0 Å². The van der Waals surface area contributed by atoms with Gasteiger partial charge in [0, 0.05) is 13.1 Å². The number of hydrogen-bond donors (Lipinski definition) is 1. The Kier molecular flexibility index (Phi) is 4.05. The zero-order valence-corrected chi connectivity index (χ0v) is 13.7. The number of halogens is 1. The Morgan fingerprint density at radius 3 is 2.86 bits per heavy atom. The van der Waals surface area contributed by atoms with E-state index in [-0.39, 0.29) is 0 Å². The third kappa shape index (κ3) is 2.85. The molecular weight excluding hydrogens is 282 g/mol. The van der Waals surface area contributed by atoms with Crippen LogP contribution in [0.15, 0.2) is 18.2 Å². The molecule has 112 valence electrons. The molecule has 0 aliphatic carbocycles. The van der Waals surface area contributed by atoms with Crippen molar-refractivity contribution in [3.05, 3.63) is 51.6 Å². The smallest absolute Gasteiger partial charge is 0.152 e. The SMILES string of the molecule is Cc1ccc(CCC2NCCn3c(C)nc(Cl)c32)cc1C. The van der Waals surface area contributed by atoms with Crippen LogP contribution in [0.25, 0.3) is 0 Å². The van der Waals surface area contributed by atoms with Gasteiger partial charge in [-0.2, -0.15) is 0 Å². The largest absolute Gasteiger partial charge is 0.328 e. The Bertz CT molecular complexity index is 660. The lowest BCUT2D eigenvalue weighted by Gasteiger charge is -2.26. The second-order valence-corrected chi connectivity index (χ2v) is 6.31. The molecule has 1 aromatic heterocycles. The molecule has 3 nitrogen and oxygen atoms in total. The highest BCUT2D eigenvalue weighted by atomic mass is 35.5. The van der Waals surface area contributed by atoms with Crippen molar-refractivity contribution in [3.63, 3.8) is 0 Å². The number of rotatable bonds is 3. The third-order valence-electron chi connectivity index (χ3n) is 4.50. The molecule has 0 amide bonds. The van der Waals surface area contributed by atoms with E-state index >= 15 is 0 Å². The number of aromatic nitrogens is 2. The molecule has 1 aliphatic rings. The highest BCUT2D eigenvalue weighted by Gasteiger charge is 2.25. The maximum Gasteiger partial charge on any atom is 0.152 e. The maximum atomic E-state index is 6.31. The van der Waals surface area contributed by atoms with Crippen LogP contribution >= 0.6 is 11.6 Å². The quantitative estimate of drug-likeness (QED) is 0.936. The fourth-order valence-corrected chi connectivity index (χ4v) is 3.47. The second-order valence-electron chi connectivity index (χ2n) is 5.95. The maximum absolute atomic E-state index is 6.31. The van der Waals surface area contributed by atoms with Gasteiger partial charge in [0.2, 0.25) is 0 Å². The number of aryl methyl sites for hydroxylation is 4. The second kappa shape index (κ2) is 5.82. The van der Waals surface area contributed by atoms with Crippen molar-refractivity contribution in [2.75, 3.05) is 6.54 Å². The molecule has 1 atom stereocenters. The molecule has 0 saturated heterocycles. The summed E-state index contributed by atoms with van der Waals surface area (Å²) in [6.07, 6.45) is 2.10. The number of nitrogens with zero attached hydrogens (tertiary/aromatic N) is 2. The van der Waals surface area contributed by atoms with Crippen molar-refractivity contribution in [1.29, 1.82) is 0 Å². The summed E-state index contributed by atoms with van der Waals surface area (Å²) in [6.45, 7) is 8.30. The first-order valence-electron chi connectivity index (χ1n) is 7.58. The summed E-state index contributed by atoms with van der Waals surface area (Å²) in [4.78, 5) is 4.41. The molecule has 2 heterocycles. The van der Waals surface area contributed by atoms with Crippen LogP contribution < -0.4 is 5.32 Å². The molecule has 1 unspecified atom stereocenters. The van der Waals surface area contributed by atoms with Crippen LogP contribution in [0.4, 0.5) is 0 Å². The summed E-state index contributed by atoms with van der Waals surface area (Å²) in [5, 5.41) is 4.24. The van der Waals surface area contributed by atoms with Crippen LogP contribution in [0.2, 0.25) is 5.15 Å². The molecule has 1 N–H and O–H groups in total. The average Bonchev–Trinajstić information content (AvgIpc) is 2.76. The van der Waals surface area contributed by atoms with Crippen LogP contribution in [0.1, 0.15) is 40.7 Å². The summed E-state index contributed by atoms with van der Waals surface area (Å²) in [5.41, 5.74) is 5.27. The van der Waals surface area contributed by atoms with Crippen molar-refractivity contribution in [2.45, 2.75) is 46.2 Å². The molecule has 0 saturated carbocycles. The van der Waals surface area contributed by atoms with Crippen LogP contribution in [-0.4, -0.2) is 16.1 Å². The van der Waals surface area contributed by atoms with Gasteiger partial charge in [-0.25, -0.2) is 4.98 Å². The van der Waals surface area contributed by atoms with Gasteiger partial charge in [-0.15, -0.1) is 0 Å². The normalized spacial score (nSPS) is 17.8. The van der Waals surface area contributed by atoms with E-state index < -0.39 is 0 Å². The number of nitrogens with one attached hydrogen (secondary N) is 1. The summed E-state index contributed by atoms with van der Waals surface area (Å²) in [5.74, 6) is 1.02. The van der Waals surface area contributed by atoms with Gasteiger partial charge >= 0.3 is 0 Å². The van der Waals surface area contributed by atoms with E-state index in [1.54, 1.807) is 0 Å². The number of fused-ring (bicyclic) bond motifs is 1. The van der Waals surface area contributed by atoms with Gasteiger partial charge in [-0.05, 0) is 50.3 Å².